The second-order valence-corrected chi connectivity index (χ2v) is 4.94. The Balaban J connectivity index is 1.98. The van der Waals surface area contributed by atoms with Crippen LogP contribution in [0, 0.1) is 10.1 Å². The lowest BCUT2D eigenvalue weighted by Crippen LogP contribution is -2.07. The third-order valence-corrected chi connectivity index (χ3v) is 3.43. The fourth-order valence-electron chi connectivity index (χ4n) is 1.73. The normalized spacial score (nSPS) is 10.5. The Bertz CT molecular complexity index is 602. The zero-order valence-electron chi connectivity index (χ0n) is 10.4. The molecular weight excluding hydrogens is 303 g/mol. The number of nitrogens with one attached hydrogen (secondary N) is 1. The number of hydrogen-bond acceptors (Lipinski definition) is 4. The highest BCUT2D eigenvalue weighted by atomic mass is 35.5. The monoisotopic (exact) mass is 314 g/mol. The van der Waals surface area contributed by atoms with Gasteiger partial charge in [0.15, 0.2) is 0 Å². The quantitative estimate of drug-likeness (QED) is 0.502. The van der Waals surface area contributed by atoms with Gasteiger partial charge in [-0.1, -0.05) is 23.2 Å². The van der Waals surface area contributed by atoms with Crippen LogP contribution in [0.4, 0.5) is 11.4 Å². The minimum Gasteiger partial charge on any atom is -0.379 e. The molecule has 0 spiro atoms. The Morgan fingerprint density at radius 1 is 1.35 bits per heavy atom. The second kappa shape index (κ2) is 6.58. The molecule has 0 aliphatic rings. The zero-order chi connectivity index (χ0) is 14.5. The Labute approximate surface area is 125 Å². The van der Waals surface area contributed by atoms with E-state index in [0.717, 1.165) is 13.0 Å². The molecule has 0 bridgehead atoms. The fourth-order valence-corrected chi connectivity index (χ4v) is 2.05. The number of halogens is 2. The van der Waals surface area contributed by atoms with E-state index in [1.165, 1.54) is 12.1 Å². The van der Waals surface area contributed by atoms with Crippen molar-refractivity contribution in [3.05, 3.63) is 51.0 Å². The van der Waals surface area contributed by atoms with Crippen molar-refractivity contribution in [3.63, 3.8) is 0 Å². The topological polar surface area (TPSA) is 73.0 Å². The number of rotatable bonds is 6. The number of nitro benzene ring substituents is 1. The highest BCUT2D eigenvalue weighted by Gasteiger charge is 2.16. The van der Waals surface area contributed by atoms with Gasteiger partial charge in [0.25, 0.3) is 5.69 Å². The molecule has 8 heteroatoms. The van der Waals surface area contributed by atoms with Crippen LogP contribution in [-0.4, -0.2) is 21.0 Å². The number of imidazole rings is 1. The summed E-state index contributed by atoms with van der Waals surface area (Å²) in [4.78, 5) is 14.4. The maximum absolute atomic E-state index is 11.0. The lowest BCUT2D eigenvalue weighted by Gasteiger charge is -2.08. The van der Waals surface area contributed by atoms with Gasteiger partial charge in [0.1, 0.15) is 5.69 Å². The van der Waals surface area contributed by atoms with Crippen LogP contribution >= 0.6 is 23.2 Å². The smallest absolute Gasteiger partial charge is 0.293 e. The van der Waals surface area contributed by atoms with Crippen LogP contribution in [0.1, 0.15) is 6.42 Å². The van der Waals surface area contributed by atoms with Gasteiger partial charge in [-0.3, -0.25) is 10.1 Å². The third kappa shape index (κ3) is 3.61. The summed E-state index contributed by atoms with van der Waals surface area (Å²) in [6.45, 7) is 1.36. The summed E-state index contributed by atoms with van der Waals surface area (Å²) >= 11 is 11.7. The number of nitro groups is 1. The minimum atomic E-state index is -0.486. The van der Waals surface area contributed by atoms with Crippen molar-refractivity contribution < 1.29 is 4.92 Å². The molecule has 1 heterocycles. The second-order valence-electron chi connectivity index (χ2n) is 4.12. The van der Waals surface area contributed by atoms with Crippen LogP contribution in [0.3, 0.4) is 0 Å². The first-order valence-corrected chi connectivity index (χ1v) is 6.66. The van der Waals surface area contributed by atoms with Gasteiger partial charge in [0.05, 0.1) is 21.3 Å². The van der Waals surface area contributed by atoms with E-state index in [4.69, 9.17) is 23.2 Å². The average Bonchev–Trinajstić information content (AvgIpc) is 2.91. The Kier molecular flexibility index (Phi) is 4.81. The zero-order valence-corrected chi connectivity index (χ0v) is 11.9. The van der Waals surface area contributed by atoms with Crippen molar-refractivity contribution >= 4 is 34.6 Å². The molecule has 106 valence electrons. The van der Waals surface area contributed by atoms with E-state index in [9.17, 15) is 10.1 Å². The summed E-state index contributed by atoms with van der Waals surface area (Å²) < 4.78 is 1.94. The van der Waals surface area contributed by atoms with Gasteiger partial charge in [-0.2, -0.15) is 0 Å². The summed E-state index contributed by atoms with van der Waals surface area (Å²) in [5.74, 6) is 0. The van der Waals surface area contributed by atoms with Crippen LogP contribution in [0.15, 0.2) is 30.9 Å². The molecule has 0 amide bonds. The molecule has 2 rings (SSSR count). The molecule has 6 nitrogen and oxygen atoms in total. The largest absolute Gasteiger partial charge is 0.379 e. The Morgan fingerprint density at radius 2 is 2.10 bits per heavy atom. The maximum atomic E-state index is 11.0. The van der Waals surface area contributed by atoms with Gasteiger partial charge < -0.3 is 9.88 Å². The predicted octanol–water partition coefficient (Wildman–Crippen LogP) is 3.60. The van der Waals surface area contributed by atoms with Crippen molar-refractivity contribution in [3.8, 4) is 0 Å². The molecular formula is C12H12Cl2N4O2. The van der Waals surface area contributed by atoms with Gasteiger partial charge in [-0.15, -0.1) is 0 Å². The summed E-state index contributed by atoms with van der Waals surface area (Å²) in [5.41, 5.74) is 0.289. The maximum Gasteiger partial charge on any atom is 0.293 e. The number of hydrogen-bond donors (Lipinski definition) is 1. The first-order chi connectivity index (χ1) is 9.58. The van der Waals surface area contributed by atoms with E-state index >= 15 is 0 Å². The van der Waals surface area contributed by atoms with Crippen molar-refractivity contribution in [1.29, 1.82) is 0 Å². The van der Waals surface area contributed by atoms with E-state index in [1.54, 1.807) is 12.5 Å². The van der Waals surface area contributed by atoms with Crippen LogP contribution in [-0.2, 0) is 6.54 Å². The number of aryl methyl sites for hydroxylation is 1. The third-order valence-electron chi connectivity index (χ3n) is 2.70. The number of benzene rings is 1. The predicted molar refractivity (Wildman–Crippen MR) is 78.5 cm³/mol. The van der Waals surface area contributed by atoms with E-state index < -0.39 is 4.92 Å². The number of anilines is 1. The summed E-state index contributed by atoms with van der Waals surface area (Å²) in [7, 11) is 0. The van der Waals surface area contributed by atoms with Gasteiger partial charge >= 0.3 is 0 Å². The SMILES string of the molecule is O=[N+]([O-])c1cc(Cl)c(Cl)cc1NCCCn1ccnc1. The lowest BCUT2D eigenvalue weighted by atomic mass is 10.2. The Morgan fingerprint density at radius 3 is 2.75 bits per heavy atom. The first-order valence-electron chi connectivity index (χ1n) is 5.91. The van der Waals surface area contributed by atoms with Crippen molar-refractivity contribution in [2.45, 2.75) is 13.0 Å². The van der Waals surface area contributed by atoms with Crippen molar-refractivity contribution in [2.24, 2.45) is 0 Å². The summed E-state index contributed by atoms with van der Waals surface area (Å²) in [6, 6.07) is 2.72. The summed E-state index contributed by atoms with van der Waals surface area (Å²) in [6.07, 6.45) is 6.09. The summed E-state index contributed by atoms with van der Waals surface area (Å²) in [5, 5.41) is 14.4. The minimum absolute atomic E-state index is 0.0815. The molecule has 0 atom stereocenters. The van der Waals surface area contributed by atoms with Crippen LogP contribution < -0.4 is 5.32 Å². The number of aromatic nitrogens is 2. The highest BCUT2D eigenvalue weighted by Crippen LogP contribution is 2.33. The molecule has 0 aliphatic carbocycles. The van der Waals surface area contributed by atoms with E-state index in [0.29, 0.717) is 12.2 Å². The molecule has 1 N–H and O–H groups in total. The van der Waals surface area contributed by atoms with Gasteiger partial charge in [-0.25, -0.2) is 4.98 Å². The lowest BCUT2D eigenvalue weighted by molar-refractivity contribution is -0.383. The van der Waals surface area contributed by atoms with E-state index in [2.05, 4.69) is 10.3 Å². The molecule has 0 saturated carbocycles. The van der Waals surface area contributed by atoms with E-state index in [-0.39, 0.29) is 15.7 Å². The van der Waals surface area contributed by atoms with E-state index in [1.807, 2.05) is 10.8 Å². The number of nitrogens with zero attached hydrogens (tertiary/aromatic N) is 3. The van der Waals surface area contributed by atoms with Crippen LogP contribution in [0.2, 0.25) is 10.0 Å². The molecule has 2 aromatic rings. The van der Waals surface area contributed by atoms with Crippen LogP contribution in [0.5, 0.6) is 0 Å². The van der Waals surface area contributed by atoms with Gasteiger partial charge in [0, 0.05) is 31.5 Å². The van der Waals surface area contributed by atoms with Gasteiger partial charge in [-0.05, 0) is 12.5 Å². The Hall–Kier alpha value is -1.79. The van der Waals surface area contributed by atoms with Crippen molar-refractivity contribution in [1.82, 2.24) is 9.55 Å². The highest BCUT2D eigenvalue weighted by molar-refractivity contribution is 6.42. The molecule has 0 radical (unpaired) electrons. The van der Waals surface area contributed by atoms with Crippen LogP contribution in [0.25, 0.3) is 0 Å². The van der Waals surface area contributed by atoms with Gasteiger partial charge in [0.2, 0.25) is 0 Å². The standard InChI is InChI=1S/C12H12Cl2N4O2/c13-9-6-11(12(18(19)20)7-10(9)14)16-2-1-4-17-5-3-15-8-17/h3,5-8,16H,1-2,4H2. The van der Waals surface area contributed by atoms with Crippen molar-refractivity contribution in [2.75, 3.05) is 11.9 Å². The fraction of sp³-hybridized carbons (Fsp3) is 0.250. The first kappa shape index (κ1) is 14.6. The molecule has 20 heavy (non-hydrogen) atoms. The average molecular weight is 315 g/mol. The molecule has 0 fully saturated rings. The molecule has 0 unspecified atom stereocenters. The molecule has 1 aromatic carbocycles. The molecule has 1 aromatic heterocycles. The molecule has 0 saturated heterocycles. The molecule has 0 aliphatic heterocycles.